The van der Waals surface area contributed by atoms with Gasteiger partial charge in [-0.05, 0) is 37.1 Å². The lowest BCUT2D eigenvalue weighted by Gasteiger charge is -2.10. The number of nitrogens with one attached hydrogen (secondary N) is 1. The third kappa shape index (κ3) is 3.31. The molecule has 1 aliphatic rings. The van der Waals surface area contributed by atoms with E-state index in [9.17, 15) is 9.18 Å². The van der Waals surface area contributed by atoms with Gasteiger partial charge in [0.1, 0.15) is 5.82 Å². The van der Waals surface area contributed by atoms with E-state index in [2.05, 4.69) is 20.7 Å². The van der Waals surface area contributed by atoms with Crippen LogP contribution >= 0.6 is 0 Å². The Morgan fingerprint density at radius 2 is 2.00 bits per heavy atom. The molecule has 1 N–H and O–H groups in total. The number of hydrazone groups is 1. The second-order valence-electron chi connectivity index (χ2n) is 4.73. The molecule has 2 heterocycles. The molecule has 108 valence electrons. The minimum Gasteiger partial charge on any atom is -0.339 e. The highest BCUT2D eigenvalue weighted by Crippen LogP contribution is 2.17. The molecule has 3 rings (SSSR count). The van der Waals surface area contributed by atoms with Crippen molar-refractivity contribution < 1.29 is 13.7 Å². The number of carbonyl (C=O) groups is 1. The van der Waals surface area contributed by atoms with Crippen LogP contribution in [-0.4, -0.2) is 21.8 Å². The first-order valence-electron chi connectivity index (χ1n) is 6.63. The maximum absolute atomic E-state index is 12.9. The molecular weight excluding hydrogens is 275 g/mol. The van der Waals surface area contributed by atoms with Crippen molar-refractivity contribution in [1.29, 1.82) is 0 Å². The van der Waals surface area contributed by atoms with E-state index in [1.54, 1.807) is 12.1 Å². The predicted molar refractivity (Wildman–Crippen MR) is 72.8 cm³/mol. The Balaban J connectivity index is 1.63. The van der Waals surface area contributed by atoms with Crippen molar-refractivity contribution >= 4 is 11.6 Å². The monoisotopic (exact) mass is 288 g/mol. The maximum Gasteiger partial charge on any atom is 0.240 e. The number of amides is 1. The molecule has 0 fully saturated rings. The summed E-state index contributed by atoms with van der Waals surface area (Å²) in [4.78, 5) is 15.2. The number of aromatic nitrogens is 2. The highest BCUT2D eigenvalue weighted by atomic mass is 19.1. The van der Waals surface area contributed by atoms with E-state index in [4.69, 9.17) is 4.52 Å². The lowest BCUT2D eigenvalue weighted by atomic mass is 10.1. The number of aryl methyl sites for hydroxylation is 1. The van der Waals surface area contributed by atoms with Crippen LogP contribution < -0.4 is 5.43 Å². The predicted octanol–water partition coefficient (Wildman–Crippen LogP) is 2.07. The second kappa shape index (κ2) is 5.82. The molecular formula is C14H13FN4O2. The van der Waals surface area contributed by atoms with Gasteiger partial charge in [0.2, 0.25) is 17.6 Å². The Bertz CT molecular complexity index is 679. The third-order valence-corrected chi connectivity index (χ3v) is 3.18. The van der Waals surface area contributed by atoms with Gasteiger partial charge in [-0.3, -0.25) is 4.79 Å². The molecule has 0 spiro atoms. The molecule has 0 bridgehead atoms. The number of halogens is 1. The summed E-state index contributed by atoms with van der Waals surface area (Å²) < 4.78 is 18.0. The van der Waals surface area contributed by atoms with Gasteiger partial charge in [0.25, 0.3) is 0 Å². The normalized spacial score (nSPS) is 14.7. The van der Waals surface area contributed by atoms with Gasteiger partial charge >= 0.3 is 0 Å². The van der Waals surface area contributed by atoms with E-state index >= 15 is 0 Å². The van der Waals surface area contributed by atoms with Gasteiger partial charge in [-0.15, -0.1) is 0 Å². The zero-order chi connectivity index (χ0) is 14.7. The van der Waals surface area contributed by atoms with Crippen LogP contribution in [0, 0.1) is 5.82 Å². The second-order valence-corrected chi connectivity index (χ2v) is 4.73. The number of nitrogens with zero attached hydrogens (tertiary/aromatic N) is 3. The molecule has 1 aromatic heterocycles. The minimum absolute atomic E-state index is 0.0601. The average Bonchev–Trinajstić information content (AvgIpc) is 2.96. The van der Waals surface area contributed by atoms with E-state index in [1.165, 1.54) is 12.1 Å². The van der Waals surface area contributed by atoms with Gasteiger partial charge in [0.15, 0.2) is 0 Å². The van der Waals surface area contributed by atoms with Gasteiger partial charge in [-0.2, -0.15) is 10.1 Å². The van der Waals surface area contributed by atoms with Crippen molar-refractivity contribution in [2.75, 3.05) is 0 Å². The van der Waals surface area contributed by atoms with Gasteiger partial charge in [-0.25, -0.2) is 9.82 Å². The smallest absolute Gasteiger partial charge is 0.240 e. The first-order chi connectivity index (χ1) is 10.2. The molecule has 0 saturated carbocycles. The molecule has 0 atom stereocenters. The number of hydrogen-bond acceptors (Lipinski definition) is 5. The Hall–Kier alpha value is -2.57. The van der Waals surface area contributed by atoms with Gasteiger partial charge in [0, 0.05) is 24.1 Å². The maximum atomic E-state index is 12.9. The van der Waals surface area contributed by atoms with Crippen molar-refractivity contribution in [3.63, 3.8) is 0 Å². The summed E-state index contributed by atoms with van der Waals surface area (Å²) in [6.45, 7) is 0. The topological polar surface area (TPSA) is 80.4 Å². The van der Waals surface area contributed by atoms with Crippen LogP contribution in [-0.2, 0) is 11.2 Å². The van der Waals surface area contributed by atoms with E-state index in [0.29, 0.717) is 43.0 Å². The number of rotatable bonds is 4. The van der Waals surface area contributed by atoms with Crippen LogP contribution in [0.2, 0.25) is 0 Å². The summed E-state index contributed by atoms with van der Waals surface area (Å²) in [7, 11) is 0. The quantitative estimate of drug-likeness (QED) is 0.934. The molecule has 0 radical (unpaired) electrons. The molecule has 0 saturated heterocycles. The zero-order valence-corrected chi connectivity index (χ0v) is 11.2. The summed E-state index contributed by atoms with van der Waals surface area (Å²) in [5.74, 6) is 0.563. The van der Waals surface area contributed by atoms with Crippen molar-refractivity contribution in [2.24, 2.45) is 5.10 Å². The molecule has 1 aliphatic heterocycles. The number of benzene rings is 1. The summed E-state index contributed by atoms with van der Waals surface area (Å²) in [6.07, 6.45) is 2.34. The highest BCUT2D eigenvalue weighted by molar-refractivity contribution is 5.92. The molecule has 1 aromatic carbocycles. The molecule has 0 unspecified atom stereocenters. The van der Waals surface area contributed by atoms with E-state index in [1.807, 2.05) is 0 Å². The van der Waals surface area contributed by atoms with Crippen LogP contribution in [0.5, 0.6) is 0 Å². The highest BCUT2D eigenvalue weighted by Gasteiger charge is 2.14. The van der Waals surface area contributed by atoms with Crippen molar-refractivity contribution in [2.45, 2.75) is 25.7 Å². The van der Waals surface area contributed by atoms with E-state index < -0.39 is 0 Å². The molecule has 6 nitrogen and oxygen atoms in total. The summed E-state index contributed by atoms with van der Waals surface area (Å²) in [6, 6.07) is 5.91. The molecule has 2 aromatic rings. The van der Waals surface area contributed by atoms with Gasteiger partial charge in [0.05, 0.1) is 0 Å². The number of hydrogen-bond donors (Lipinski definition) is 1. The lowest BCUT2D eigenvalue weighted by Crippen LogP contribution is -2.25. The molecule has 0 aliphatic carbocycles. The fraction of sp³-hybridized carbons (Fsp3) is 0.286. The Morgan fingerprint density at radius 1 is 1.19 bits per heavy atom. The Morgan fingerprint density at radius 3 is 2.71 bits per heavy atom. The van der Waals surface area contributed by atoms with Crippen LogP contribution in [0.1, 0.15) is 25.2 Å². The standard InChI is InChI=1S/C14H13FN4O2/c15-10-3-1-9(2-4-10)14-16-13(21-19-14)8-6-11-5-7-12(20)18-17-11/h1-4H,5-8H2,(H,18,20). The van der Waals surface area contributed by atoms with Gasteiger partial charge < -0.3 is 4.52 Å². The summed E-state index contributed by atoms with van der Waals surface area (Å²) in [5, 5.41) is 7.86. The lowest BCUT2D eigenvalue weighted by molar-refractivity contribution is -0.121. The third-order valence-electron chi connectivity index (χ3n) is 3.18. The van der Waals surface area contributed by atoms with Crippen LogP contribution in [0.15, 0.2) is 33.9 Å². The van der Waals surface area contributed by atoms with Crippen molar-refractivity contribution in [3.05, 3.63) is 36.0 Å². The van der Waals surface area contributed by atoms with E-state index in [0.717, 1.165) is 5.71 Å². The summed E-state index contributed by atoms with van der Waals surface area (Å²) >= 11 is 0. The largest absolute Gasteiger partial charge is 0.339 e. The minimum atomic E-state index is -0.306. The van der Waals surface area contributed by atoms with Crippen LogP contribution in [0.3, 0.4) is 0 Å². The average molecular weight is 288 g/mol. The van der Waals surface area contributed by atoms with Crippen LogP contribution in [0.4, 0.5) is 4.39 Å². The first-order valence-corrected chi connectivity index (χ1v) is 6.63. The van der Waals surface area contributed by atoms with Crippen molar-refractivity contribution in [3.8, 4) is 11.4 Å². The fourth-order valence-electron chi connectivity index (χ4n) is 2.02. The molecule has 21 heavy (non-hydrogen) atoms. The fourth-order valence-corrected chi connectivity index (χ4v) is 2.02. The SMILES string of the molecule is O=C1CCC(CCc2nc(-c3ccc(F)cc3)no2)=NN1. The summed E-state index contributed by atoms with van der Waals surface area (Å²) in [5.41, 5.74) is 4.07. The number of carbonyl (C=O) groups excluding carboxylic acids is 1. The van der Waals surface area contributed by atoms with Crippen LogP contribution in [0.25, 0.3) is 11.4 Å². The molecule has 7 heteroatoms. The Labute approximate surface area is 120 Å². The Kier molecular flexibility index (Phi) is 3.72. The van der Waals surface area contributed by atoms with Crippen molar-refractivity contribution in [1.82, 2.24) is 15.6 Å². The van der Waals surface area contributed by atoms with Gasteiger partial charge in [-0.1, -0.05) is 5.16 Å². The zero-order valence-electron chi connectivity index (χ0n) is 11.2. The molecule has 1 amide bonds. The van der Waals surface area contributed by atoms with E-state index in [-0.39, 0.29) is 11.7 Å². The first kappa shape index (κ1) is 13.4.